The quantitative estimate of drug-likeness (QED) is 0.200. The molecular weight excluding hydrogens is 535 g/mol. The van der Waals surface area contributed by atoms with Crippen molar-refractivity contribution in [2.45, 2.75) is 13.0 Å². The molecule has 0 spiro atoms. The Bertz CT molecular complexity index is 1580. The lowest BCUT2D eigenvalue weighted by atomic mass is 9.97. The molecule has 1 fully saturated rings. The summed E-state index contributed by atoms with van der Waals surface area (Å²) in [5, 5.41) is 3.30. The summed E-state index contributed by atoms with van der Waals surface area (Å²) in [6, 6.07) is 28.0. The average molecular weight is 557 g/mol. The molecule has 0 unspecified atom stereocenters. The molecule has 6 nitrogen and oxygen atoms in total. The Balaban J connectivity index is 1.41. The Labute approximate surface area is 235 Å². The van der Waals surface area contributed by atoms with Gasteiger partial charge in [0.25, 0.3) is 11.8 Å². The van der Waals surface area contributed by atoms with E-state index in [0.717, 1.165) is 21.6 Å². The molecule has 4 aromatic rings. The highest BCUT2D eigenvalue weighted by atomic mass is 35.5. The monoisotopic (exact) mass is 556 g/mol. The van der Waals surface area contributed by atoms with Crippen molar-refractivity contribution < 1.29 is 19.1 Å². The van der Waals surface area contributed by atoms with Crippen molar-refractivity contribution in [3.8, 4) is 5.75 Å². The van der Waals surface area contributed by atoms with E-state index < -0.39 is 17.8 Å². The van der Waals surface area contributed by atoms with Crippen LogP contribution in [0, 0.1) is 0 Å². The van der Waals surface area contributed by atoms with Gasteiger partial charge >= 0.3 is 6.03 Å². The molecule has 0 radical (unpaired) electrons. The third-order valence-electron chi connectivity index (χ3n) is 6.19. The number of urea groups is 1. The Morgan fingerprint density at radius 2 is 1.51 bits per heavy atom. The number of hydrogen-bond acceptors (Lipinski definition) is 4. The average Bonchev–Trinajstić information content (AvgIpc) is 2.93. The third-order valence-corrected chi connectivity index (χ3v) is 6.80. The van der Waals surface area contributed by atoms with Crippen LogP contribution in [0.1, 0.15) is 22.3 Å². The van der Waals surface area contributed by atoms with Gasteiger partial charge < -0.3 is 4.74 Å². The number of anilines is 1. The molecule has 1 saturated heterocycles. The minimum atomic E-state index is -0.831. The molecule has 194 valence electrons. The number of amides is 4. The van der Waals surface area contributed by atoms with Crippen molar-refractivity contribution in [1.82, 2.24) is 5.32 Å². The molecule has 1 heterocycles. The van der Waals surface area contributed by atoms with Crippen LogP contribution in [-0.4, -0.2) is 17.8 Å². The molecule has 4 aromatic carbocycles. The summed E-state index contributed by atoms with van der Waals surface area (Å²) in [4.78, 5) is 39.8. The second kappa shape index (κ2) is 11.6. The maximum atomic E-state index is 13.4. The van der Waals surface area contributed by atoms with Gasteiger partial charge in [-0.15, -0.1) is 0 Å². The highest BCUT2D eigenvalue weighted by Crippen LogP contribution is 2.28. The maximum absolute atomic E-state index is 13.4. The van der Waals surface area contributed by atoms with E-state index in [1.807, 2.05) is 54.6 Å². The van der Waals surface area contributed by atoms with E-state index in [1.54, 1.807) is 42.5 Å². The SMILES string of the molecule is O=C1NC(=O)N(c2ccc(OCc3ccccc3)cc2)C(=O)/C1=C/c1cc(Cl)ccc1Cc1ccccc1Cl. The first-order valence-corrected chi connectivity index (χ1v) is 12.8. The summed E-state index contributed by atoms with van der Waals surface area (Å²) < 4.78 is 5.80. The molecule has 0 bridgehead atoms. The van der Waals surface area contributed by atoms with Crippen molar-refractivity contribution in [2.75, 3.05) is 4.90 Å². The first-order chi connectivity index (χ1) is 18.9. The molecule has 0 saturated carbocycles. The third kappa shape index (κ3) is 6.03. The summed E-state index contributed by atoms with van der Waals surface area (Å²) in [6.07, 6.45) is 1.91. The number of carbonyl (C=O) groups is 3. The summed E-state index contributed by atoms with van der Waals surface area (Å²) in [6.45, 7) is 0.376. The van der Waals surface area contributed by atoms with Gasteiger partial charge in [-0.25, -0.2) is 9.69 Å². The van der Waals surface area contributed by atoms with E-state index in [9.17, 15) is 14.4 Å². The van der Waals surface area contributed by atoms with Gasteiger partial charge in [0.1, 0.15) is 17.9 Å². The van der Waals surface area contributed by atoms with Gasteiger partial charge in [0.05, 0.1) is 5.69 Å². The van der Waals surface area contributed by atoms with Crippen molar-refractivity contribution in [1.29, 1.82) is 0 Å². The number of hydrogen-bond donors (Lipinski definition) is 1. The zero-order chi connectivity index (χ0) is 27.4. The largest absolute Gasteiger partial charge is 0.489 e. The van der Waals surface area contributed by atoms with Crippen LogP contribution in [0.25, 0.3) is 6.08 Å². The normalized spacial score (nSPS) is 14.5. The molecule has 8 heteroatoms. The molecule has 4 amide bonds. The second-order valence-electron chi connectivity index (χ2n) is 8.84. The van der Waals surface area contributed by atoms with Gasteiger partial charge in [-0.3, -0.25) is 14.9 Å². The summed E-state index contributed by atoms with van der Waals surface area (Å²) in [7, 11) is 0. The van der Waals surface area contributed by atoms with E-state index in [4.69, 9.17) is 27.9 Å². The number of nitrogens with zero attached hydrogens (tertiary/aromatic N) is 1. The smallest absolute Gasteiger partial charge is 0.335 e. The number of rotatable bonds is 7. The Kier molecular flexibility index (Phi) is 7.77. The van der Waals surface area contributed by atoms with Gasteiger partial charge in [0, 0.05) is 10.0 Å². The Hall–Kier alpha value is -4.39. The molecular formula is C31H22Cl2N2O4. The first kappa shape index (κ1) is 26.2. The fourth-order valence-corrected chi connectivity index (χ4v) is 4.57. The fraction of sp³-hybridized carbons (Fsp3) is 0.0645. The highest BCUT2D eigenvalue weighted by molar-refractivity contribution is 6.39. The summed E-state index contributed by atoms with van der Waals surface area (Å²) in [5.74, 6) is -0.958. The van der Waals surface area contributed by atoms with Crippen molar-refractivity contribution in [3.63, 3.8) is 0 Å². The summed E-state index contributed by atoms with van der Waals surface area (Å²) in [5.41, 5.74) is 3.37. The number of benzene rings is 4. The van der Waals surface area contributed by atoms with Crippen LogP contribution in [-0.2, 0) is 22.6 Å². The van der Waals surface area contributed by atoms with Gasteiger partial charge in [-0.2, -0.15) is 0 Å². The number of barbiturate groups is 1. The Morgan fingerprint density at radius 1 is 0.795 bits per heavy atom. The zero-order valence-corrected chi connectivity index (χ0v) is 22.1. The van der Waals surface area contributed by atoms with Gasteiger partial charge in [-0.1, -0.05) is 77.8 Å². The lowest BCUT2D eigenvalue weighted by Crippen LogP contribution is -2.54. The summed E-state index contributed by atoms with van der Waals surface area (Å²) >= 11 is 12.6. The molecule has 0 aromatic heterocycles. The molecule has 39 heavy (non-hydrogen) atoms. The zero-order valence-electron chi connectivity index (χ0n) is 20.6. The lowest BCUT2D eigenvalue weighted by molar-refractivity contribution is -0.122. The first-order valence-electron chi connectivity index (χ1n) is 12.1. The molecule has 0 atom stereocenters. The van der Waals surface area contributed by atoms with Crippen molar-refractivity contribution in [2.24, 2.45) is 0 Å². The predicted molar refractivity (Wildman–Crippen MR) is 152 cm³/mol. The number of halogens is 2. The Morgan fingerprint density at radius 3 is 2.26 bits per heavy atom. The minimum Gasteiger partial charge on any atom is -0.489 e. The van der Waals surface area contributed by atoms with Crippen molar-refractivity contribution in [3.05, 3.63) is 135 Å². The maximum Gasteiger partial charge on any atom is 0.335 e. The van der Waals surface area contributed by atoms with Crippen LogP contribution in [0.3, 0.4) is 0 Å². The van der Waals surface area contributed by atoms with Crippen LogP contribution in [0.5, 0.6) is 5.75 Å². The number of imide groups is 2. The topological polar surface area (TPSA) is 75.7 Å². The molecule has 1 aliphatic heterocycles. The fourth-order valence-electron chi connectivity index (χ4n) is 4.19. The van der Waals surface area contributed by atoms with Crippen LogP contribution >= 0.6 is 23.2 Å². The molecule has 1 aliphatic rings. The van der Waals surface area contributed by atoms with Crippen LogP contribution in [0.2, 0.25) is 10.0 Å². The predicted octanol–water partition coefficient (Wildman–Crippen LogP) is 6.83. The van der Waals surface area contributed by atoms with E-state index in [-0.39, 0.29) is 5.57 Å². The van der Waals surface area contributed by atoms with Crippen molar-refractivity contribution >= 4 is 52.8 Å². The van der Waals surface area contributed by atoms with E-state index in [2.05, 4.69) is 5.32 Å². The number of carbonyl (C=O) groups excluding carboxylic acids is 3. The molecule has 0 aliphatic carbocycles. The van der Waals surface area contributed by atoms with Gasteiger partial charge in [-0.05, 0) is 77.2 Å². The van der Waals surface area contributed by atoms with E-state index in [0.29, 0.717) is 40.1 Å². The second-order valence-corrected chi connectivity index (χ2v) is 9.68. The lowest BCUT2D eigenvalue weighted by Gasteiger charge is -2.26. The van der Waals surface area contributed by atoms with Crippen LogP contribution in [0.15, 0.2) is 103 Å². The highest BCUT2D eigenvalue weighted by Gasteiger charge is 2.37. The van der Waals surface area contributed by atoms with E-state index in [1.165, 1.54) is 6.08 Å². The number of ether oxygens (including phenoxy) is 1. The standard InChI is InChI=1S/C31H22Cl2N2O4/c32-24-11-10-21(16-22-8-4-5-9-28(22)33)23(17-24)18-27-29(36)34-31(38)35(30(27)37)25-12-14-26(15-13-25)39-19-20-6-2-1-3-7-20/h1-15,17-18H,16,19H2,(H,34,36,38)/b27-18+. The minimum absolute atomic E-state index is 0.193. The van der Waals surface area contributed by atoms with Crippen LogP contribution < -0.4 is 15.0 Å². The molecule has 1 N–H and O–H groups in total. The van der Waals surface area contributed by atoms with Crippen LogP contribution in [0.4, 0.5) is 10.5 Å². The molecule has 5 rings (SSSR count). The number of nitrogens with one attached hydrogen (secondary N) is 1. The van der Waals surface area contributed by atoms with E-state index >= 15 is 0 Å². The van der Waals surface area contributed by atoms with Gasteiger partial charge in [0.2, 0.25) is 0 Å². The van der Waals surface area contributed by atoms with Gasteiger partial charge in [0.15, 0.2) is 0 Å².